The van der Waals surface area contributed by atoms with Crippen molar-refractivity contribution in [3.8, 4) is 11.1 Å². The summed E-state index contributed by atoms with van der Waals surface area (Å²) in [4.78, 5) is 34.1. The van der Waals surface area contributed by atoms with Gasteiger partial charge in [-0.2, -0.15) is 0 Å². The SMILES string of the molecule is CCCC(/C=C(/C)NC=O)=C(/C)CNC(=O)c1cc(-c2ccc(N3CCN(C)CC3)nc2)cc2c1ccn2CCCNC. The molecule has 0 radical (unpaired) electrons. The number of aromatic nitrogens is 2. The third kappa shape index (κ3) is 8.33. The zero-order valence-corrected chi connectivity index (χ0v) is 26.4. The van der Waals surface area contributed by atoms with E-state index in [1.165, 1.54) is 0 Å². The van der Waals surface area contributed by atoms with E-state index >= 15 is 0 Å². The molecular weight excluding hydrogens is 538 g/mol. The Balaban J connectivity index is 1.64. The second kappa shape index (κ2) is 15.5. The van der Waals surface area contributed by atoms with E-state index < -0.39 is 0 Å². The molecule has 1 saturated heterocycles. The molecule has 0 saturated carbocycles. The summed E-state index contributed by atoms with van der Waals surface area (Å²) < 4.78 is 2.23. The smallest absolute Gasteiger partial charge is 0.252 e. The molecule has 2 aromatic heterocycles. The summed E-state index contributed by atoms with van der Waals surface area (Å²) in [5, 5.41) is 10.0. The summed E-state index contributed by atoms with van der Waals surface area (Å²) in [6.07, 6.45) is 9.50. The number of pyridine rings is 1. The van der Waals surface area contributed by atoms with Crippen molar-refractivity contribution in [1.82, 2.24) is 30.4 Å². The van der Waals surface area contributed by atoms with Gasteiger partial charge in [-0.05, 0) is 94.9 Å². The van der Waals surface area contributed by atoms with E-state index in [0.717, 1.165) is 103 Å². The number of carbonyl (C=O) groups is 2. The molecule has 0 unspecified atom stereocenters. The Hall–Kier alpha value is -3.95. The summed E-state index contributed by atoms with van der Waals surface area (Å²) in [5.74, 6) is 0.882. The first-order valence-electron chi connectivity index (χ1n) is 15.4. The van der Waals surface area contributed by atoms with Gasteiger partial charge in [-0.15, -0.1) is 0 Å². The second-order valence-electron chi connectivity index (χ2n) is 11.4. The van der Waals surface area contributed by atoms with Gasteiger partial charge >= 0.3 is 0 Å². The van der Waals surface area contributed by atoms with Crippen LogP contribution in [0.4, 0.5) is 5.82 Å². The van der Waals surface area contributed by atoms with Gasteiger partial charge in [0, 0.05) is 79.4 Å². The molecule has 1 fully saturated rings. The molecule has 4 rings (SSSR count). The van der Waals surface area contributed by atoms with Gasteiger partial charge in [-0.3, -0.25) is 9.59 Å². The molecule has 43 heavy (non-hydrogen) atoms. The molecule has 3 aromatic rings. The number of anilines is 1. The minimum Gasteiger partial charge on any atom is -0.354 e. The fraction of sp³-hybridized carbons (Fsp3) is 0.441. The Kier molecular flexibility index (Phi) is 11.5. The largest absolute Gasteiger partial charge is 0.354 e. The minimum atomic E-state index is -0.108. The summed E-state index contributed by atoms with van der Waals surface area (Å²) in [5.41, 5.74) is 6.63. The zero-order valence-electron chi connectivity index (χ0n) is 26.4. The summed E-state index contributed by atoms with van der Waals surface area (Å²) in [7, 11) is 4.12. The highest BCUT2D eigenvalue weighted by molar-refractivity contribution is 6.08. The number of rotatable bonds is 14. The number of piperazine rings is 1. The van der Waals surface area contributed by atoms with E-state index in [1.807, 2.05) is 45.3 Å². The first kappa shape index (κ1) is 32.0. The van der Waals surface area contributed by atoms with Gasteiger partial charge in [0.05, 0.1) is 0 Å². The van der Waals surface area contributed by atoms with E-state index in [4.69, 9.17) is 4.98 Å². The number of hydrogen-bond donors (Lipinski definition) is 3. The van der Waals surface area contributed by atoms with Crippen molar-refractivity contribution in [1.29, 1.82) is 0 Å². The molecule has 0 spiro atoms. The maximum absolute atomic E-state index is 13.8. The third-order valence-corrected chi connectivity index (χ3v) is 8.13. The molecule has 1 aliphatic rings. The van der Waals surface area contributed by atoms with Gasteiger partial charge < -0.3 is 30.3 Å². The van der Waals surface area contributed by atoms with Crippen LogP contribution in [0, 0.1) is 0 Å². The third-order valence-electron chi connectivity index (χ3n) is 8.13. The Morgan fingerprint density at radius 1 is 1.07 bits per heavy atom. The Morgan fingerprint density at radius 2 is 1.86 bits per heavy atom. The molecule has 0 aliphatic carbocycles. The van der Waals surface area contributed by atoms with Crippen LogP contribution in [0.25, 0.3) is 22.0 Å². The number of amides is 2. The van der Waals surface area contributed by atoms with Crippen molar-refractivity contribution in [2.75, 3.05) is 58.3 Å². The molecule has 0 atom stereocenters. The highest BCUT2D eigenvalue weighted by Crippen LogP contribution is 2.30. The quantitative estimate of drug-likeness (QED) is 0.146. The summed E-state index contributed by atoms with van der Waals surface area (Å²) >= 11 is 0. The minimum absolute atomic E-state index is 0.108. The average molecular weight is 586 g/mol. The lowest BCUT2D eigenvalue weighted by Gasteiger charge is -2.33. The molecule has 3 heterocycles. The van der Waals surface area contributed by atoms with Crippen molar-refractivity contribution in [3.05, 3.63) is 71.2 Å². The summed E-state index contributed by atoms with van der Waals surface area (Å²) in [6, 6.07) is 10.4. The van der Waals surface area contributed by atoms with Gasteiger partial charge in [0.25, 0.3) is 5.91 Å². The van der Waals surface area contributed by atoms with Gasteiger partial charge in [0.1, 0.15) is 5.82 Å². The van der Waals surface area contributed by atoms with Crippen LogP contribution in [0.5, 0.6) is 0 Å². The molecule has 9 heteroatoms. The monoisotopic (exact) mass is 585 g/mol. The standard InChI is InChI=1S/C34H47N7O2/c1-6-8-27(19-26(3)38-24-42)25(2)22-37-34(43)31-20-29(21-32-30(31)11-14-40(32)13-7-12-35-4)28-9-10-33(36-23-28)41-17-15-39(5)16-18-41/h9-11,14,19-21,23-24,35H,6-8,12-13,15-18,22H2,1-5H3,(H,37,43)(H,38,42)/b26-19-,27-25+. The van der Waals surface area contributed by atoms with Crippen molar-refractivity contribution < 1.29 is 9.59 Å². The first-order valence-corrected chi connectivity index (χ1v) is 15.4. The van der Waals surface area contributed by atoms with Crippen LogP contribution in [-0.2, 0) is 11.3 Å². The number of carbonyl (C=O) groups excluding carboxylic acids is 2. The molecule has 0 bridgehead atoms. The topological polar surface area (TPSA) is 94.5 Å². The lowest BCUT2D eigenvalue weighted by molar-refractivity contribution is -0.108. The maximum Gasteiger partial charge on any atom is 0.252 e. The van der Waals surface area contributed by atoms with Crippen molar-refractivity contribution in [2.45, 2.75) is 46.6 Å². The van der Waals surface area contributed by atoms with E-state index in [0.29, 0.717) is 18.5 Å². The fourth-order valence-electron chi connectivity index (χ4n) is 5.55. The lowest BCUT2D eigenvalue weighted by Crippen LogP contribution is -2.44. The Bertz CT molecular complexity index is 1450. The van der Waals surface area contributed by atoms with Gasteiger partial charge in [-0.1, -0.05) is 18.9 Å². The Morgan fingerprint density at radius 3 is 2.53 bits per heavy atom. The predicted octanol–water partition coefficient (Wildman–Crippen LogP) is 4.56. The van der Waals surface area contributed by atoms with E-state index in [9.17, 15) is 9.59 Å². The number of allylic oxidation sites excluding steroid dienone is 3. The molecule has 3 N–H and O–H groups in total. The fourth-order valence-corrected chi connectivity index (χ4v) is 5.55. The van der Waals surface area contributed by atoms with Gasteiger partial charge in [0.2, 0.25) is 6.41 Å². The first-order chi connectivity index (χ1) is 20.8. The van der Waals surface area contributed by atoms with Crippen LogP contribution in [0.15, 0.2) is 65.6 Å². The van der Waals surface area contributed by atoms with Crippen LogP contribution < -0.4 is 20.9 Å². The lowest BCUT2D eigenvalue weighted by atomic mass is 10.00. The van der Waals surface area contributed by atoms with Crippen LogP contribution in [0.1, 0.15) is 50.4 Å². The predicted molar refractivity (Wildman–Crippen MR) is 176 cm³/mol. The number of nitrogens with one attached hydrogen (secondary N) is 3. The van der Waals surface area contributed by atoms with Crippen LogP contribution >= 0.6 is 0 Å². The Labute approximate surface area is 256 Å². The highest BCUT2D eigenvalue weighted by atomic mass is 16.1. The molecule has 230 valence electrons. The van der Waals surface area contributed by atoms with E-state index in [2.05, 4.69) is 68.7 Å². The number of benzene rings is 1. The normalized spacial score (nSPS) is 15.0. The number of fused-ring (bicyclic) bond motifs is 1. The van der Waals surface area contributed by atoms with Crippen molar-refractivity contribution in [2.24, 2.45) is 0 Å². The number of nitrogens with zero attached hydrogens (tertiary/aromatic N) is 4. The van der Waals surface area contributed by atoms with E-state index in [1.54, 1.807) is 0 Å². The summed E-state index contributed by atoms with van der Waals surface area (Å²) in [6.45, 7) is 12.2. The zero-order chi connectivity index (χ0) is 30.8. The van der Waals surface area contributed by atoms with Crippen LogP contribution in [0.2, 0.25) is 0 Å². The van der Waals surface area contributed by atoms with Gasteiger partial charge in [0.15, 0.2) is 0 Å². The molecule has 1 aliphatic heterocycles. The van der Waals surface area contributed by atoms with Crippen LogP contribution in [0.3, 0.4) is 0 Å². The molecular formula is C34H47N7O2. The number of likely N-dealkylation sites (N-methyl/N-ethyl adjacent to an activating group) is 1. The number of aryl methyl sites for hydroxylation is 1. The second-order valence-corrected chi connectivity index (χ2v) is 11.4. The number of hydrogen-bond acceptors (Lipinski definition) is 6. The van der Waals surface area contributed by atoms with Crippen LogP contribution in [-0.4, -0.2) is 80.1 Å². The van der Waals surface area contributed by atoms with Crippen molar-refractivity contribution >= 4 is 29.0 Å². The average Bonchev–Trinajstić information content (AvgIpc) is 3.42. The highest BCUT2D eigenvalue weighted by Gasteiger charge is 2.18. The molecule has 9 nitrogen and oxygen atoms in total. The molecule has 2 amide bonds. The molecule has 1 aromatic carbocycles. The van der Waals surface area contributed by atoms with Gasteiger partial charge in [-0.25, -0.2) is 4.98 Å². The maximum atomic E-state index is 13.8. The van der Waals surface area contributed by atoms with Crippen molar-refractivity contribution in [3.63, 3.8) is 0 Å². The van der Waals surface area contributed by atoms with E-state index in [-0.39, 0.29) is 5.91 Å².